The summed E-state index contributed by atoms with van der Waals surface area (Å²) < 4.78 is 5.07. The first-order valence-electron chi connectivity index (χ1n) is 7.77. The highest BCUT2D eigenvalue weighted by molar-refractivity contribution is 4.88. The summed E-state index contributed by atoms with van der Waals surface area (Å²) in [6.45, 7) is 0.393. The van der Waals surface area contributed by atoms with Crippen LogP contribution in [-0.4, -0.2) is 45.8 Å². The van der Waals surface area contributed by atoms with Gasteiger partial charge in [0.25, 0.3) is 0 Å². The molecule has 0 saturated heterocycles. The zero-order valence-electron chi connectivity index (χ0n) is 12.7. The van der Waals surface area contributed by atoms with Gasteiger partial charge in [0.05, 0.1) is 24.7 Å². The maximum atomic E-state index is 9.60. The Morgan fingerprint density at radius 3 is 1.48 bits per heavy atom. The van der Waals surface area contributed by atoms with Crippen molar-refractivity contribution in [2.75, 3.05) is 13.2 Å². The van der Waals surface area contributed by atoms with Crippen LogP contribution >= 0.6 is 0 Å². The second-order valence-electron chi connectivity index (χ2n) is 5.07. The lowest BCUT2D eigenvalue weighted by Crippen LogP contribution is -2.02. The van der Waals surface area contributed by atoms with Crippen LogP contribution in [0.15, 0.2) is 24.7 Å². The average molecular weight is 302 g/mol. The zero-order chi connectivity index (χ0) is 15.8. The number of rotatable bonds is 14. The van der Waals surface area contributed by atoms with Gasteiger partial charge in [-0.05, 0) is 37.8 Å². The highest BCUT2D eigenvalue weighted by Crippen LogP contribution is 2.06. The van der Waals surface area contributed by atoms with Crippen LogP contribution in [-0.2, 0) is 4.74 Å². The average Bonchev–Trinajstić information content (AvgIpc) is 2.48. The first-order valence-corrected chi connectivity index (χ1v) is 7.77. The molecular formula is C16H30O5. The van der Waals surface area contributed by atoms with Gasteiger partial charge in [0.15, 0.2) is 0 Å². The lowest BCUT2D eigenvalue weighted by molar-refractivity contribution is 0.198. The molecule has 0 aliphatic heterocycles. The first kappa shape index (κ1) is 20.1. The number of aliphatic hydroxyl groups excluding tert-OH is 4. The lowest BCUT2D eigenvalue weighted by atomic mass is 10.1. The van der Waals surface area contributed by atoms with E-state index in [9.17, 15) is 10.2 Å². The summed E-state index contributed by atoms with van der Waals surface area (Å²) in [6.07, 6.45) is 11.3. The molecule has 0 aromatic heterocycles. The molecule has 5 nitrogen and oxygen atoms in total. The molecule has 124 valence electrons. The van der Waals surface area contributed by atoms with Crippen LogP contribution in [0.2, 0.25) is 0 Å². The molecule has 0 heterocycles. The molecule has 2 atom stereocenters. The molecule has 0 aromatic rings. The van der Waals surface area contributed by atoms with Crippen molar-refractivity contribution in [3.8, 4) is 0 Å². The van der Waals surface area contributed by atoms with Gasteiger partial charge in [0.2, 0.25) is 0 Å². The van der Waals surface area contributed by atoms with E-state index in [1.165, 1.54) is 12.5 Å². The van der Waals surface area contributed by atoms with Crippen LogP contribution < -0.4 is 0 Å². The number of hydrogen-bond donors (Lipinski definition) is 4. The van der Waals surface area contributed by atoms with Crippen LogP contribution in [0.1, 0.15) is 51.4 Å². The molecule has 21 heavy (non-hydrogen) atoms. The lowest BCUT2D eigenvalue weighted by Gasteiger charge is -2.05. The minimum Gasteiger partial charge on any atom is -0.473 e. The zero-order valence-corrected chi connectivity index (χ0v) is 12.7. The highest BCUT2D eigenvalue weighted by Gasteiger charge is 1.99. The summed E-state index contributed by atoms with van der Waals surface area (Å²) in [5.41, 5.74) is 0. The summed E-state index contributed by atoms with van der Waals surface area (Å²) in [5, 5.41) is 36.4. The molecule has 5 heteroatoms. The van der Waals surface area contributed by atoms with Crippen LogP contribution in [0, 0.1) is 0 Å². The van der Waals surface area contributed by atoms with E-state index >= 15 is 0 Å². The Bertz CT molecular complexity index is 239. The van der Waals surface area contributed by atoms with Gasteiger partial charge < -0.3 is 25.2 Å². The predicted molar refractivity (Wildman–Crippen MR) is 82.5 cm³/mol. The Morgan fingerprint density at radius 2 is 1.10 bits per heavy atom. The Labute approximate surface area is 127 Å². The van der Waals surface area contributed by atoms with Gasteiger partial charge in [-0.25, -0.2) is 0 Å². The summed E-state index contributed by atoms with van der Waals surface area (Å²) in [7, 11) is 0. The van der Waals surface area contributed by atoms with Crippen molar-refractivity contribution in [2.45, 2.75) is 63.6 Å². The second kappa shape index (κ2) is 15.5. The predicted octanol–water partition coefficient (Wildman–Crippen LogP) is 1.86. The van der Waals surface area contributed by atoms with Crippen LogP contribution in [0.3, 0.4) is 0 Å². The topological polar surface area (TPSA) is 90.2 Å². The van der Waals surface area contributed by atoms with Crippen molar-refractivity contribution >= 4 is 0 Å². The van der Waals surface area contributed by atoms with E-state index in [0.29, 0.717) is 12.8 Å². The van der Waals surface area contributed by atoms with Gasteiger partial charge in [-0.15, -0.1) is 0 Å². The normalized spacial score (nSPS) is 14.9. The summed E-state index contributed by atoms with van der Waals surface area (Å²) >= 11 is 0. The molecule has 4 N–H and O–H groups in total. The maximum Gasteiger partial charge on any atom is 0.0887 e. The molecule has 0 spiro atoms. The molecule has 0 bridgehead atoms. The van der Waals surface area contributed by atoms with Gasteiger partial charge >= 0.3 is 0 Å². The van der Waals surface area contributed by atoms with E-state index in [1.807, 2.05) is 0 Å². The molecule has 0 rings (SSSR count). The van der Waals surface area contributed by atoms with Crippen molar-refractivity contribution in [2.24, 2.45) is 0 Å². The Hall–Kier alpha value is -0.880. The number of aliphatic hydroxyl groups is 4. The third-order valence-corrected chi connectivity index (χ3v) is 3.07. The maximum absolute atomic E-state index is 9.60. The highest BCUT2D eigenvalue weighted by atomic mass is 16.5. The minimum atomic E-state index is -0.541. The number of ether oxygens (including phenoxy) is 1. The molecule has 0 fully saturated rings. The molecule has 0 radical (unpaired) electrons. The fraction of sp³-hybridized carbons (Fsp3) is 0.750. The monoisotopic (exact) mass is 302 g/mol. The van der Waals surface area contributed by atoms with Gasteiger partial charge in [0.1, 0.15) is 0 Å². The smallest absolute Gasteiger partial charge is 0.0887 e. The van der Waals surface area contributed by atoms with Crippen molar-refractivity contribution in [3.05, 3.63) is 24.7 Å². The summed E-state index contributed by atoms with van der Waals surface area (Å²) in [6, 6.07) is 0. The van der Waals surface area contributed by atoms with Crippen LogP contribution in [0.25, 0.3) is 0 Å². The SMILES string of the molecule is OCCCCCC(O)C=COC=CC(O)CCCCCO. The fourth-order valence-electron chi connectivity index (χ4n) is 1.79. The quantitative estimate of drug-likeness (QED) is 0.290. The first-order chi connectivity index (χ1) is 10.2. The fourth-order valence-corrected chi connectivity index (χ4v) is 1.79. The number of hydrogen-bond acceptors (Lipinski definition) is 5. The third kappa shape index (κ3) is 15.3. The molecule has 2 unspecified atom stereocenters. The van der Waals surface area contributed by atoms with E-state index in [1.54, 1.807) is 12.2 Å². The van der Waals surface area contributed by atoms with E-state index in [4.69, 9.17) is 14.9 Å². The van der Waals surface area contributed by atoms with Crippen molar-refractivity contribution < 1.29 is 25.2 Å². The van der Waals surface area contributed by atoms with E-state index in [-0.39, 0.29) is 13.2 Å². The molecule has 0 aromatic carbocycles. The Balaban J connectivity index is 3.56. The Kier molecular flexibility index (Phi) is 14.9. The van der Waals surface area contributed by atoms with Gasteiger partial charge in [-0.2, -0.15) is 0 Å². The van der Waals surface area contributed by atoms with E-state index in [2.05, 4.69) is 0 Å². The van der Waals surface area contributed by atoms with E-state index in [0.717, 1.165) is 38.5 Å². The van der Waals surface area contributed by atoms with Crippen molar-refractivity contribution in [1.82, 2.24) is 0 Å². The standard InChI is InChI=1S/C16H30O5/c17-11-5-1-3-7-15(19)9-13-21-14-10-16(20)8-4-2-6-12-18/h9-10,13-20H,1-8,11-12H2. The summed E-state index contributed by atoms with van der Waals surface area (Å²) in [4.78, 5) is 0. The molecule has 0 aliphatic rings. The van der Waals surface area contributed by atoms with Gasteiger partial charge in [-0.1, -0.05) is 25.7 Å². The molecule has 0 aliphatic carbocycles. The number of unbranched alkanes of at least 4 members (excludes halogenated alkanes) is 4. The molecule has 0 amide bonds. The largest absolute Gasteiger partial charge is 0.473 e. The minimum absolute atomic E-state index is 0.197. The second-order valence-corrected chi connectivity index (χ2v) is 5.07. The summed E-state index contributed by atoms with van der Waals surface area (Å²) in [5.74, 6) is 0. The molecular weight excluding hydrogens is 272 g/mol. The van der Waals surface area contributed by atoms with Crippen molar-refractivity contribution in [3.63, 3.8) is 0 Å². The molecule has 0 saturated carbocycles. The van der Waals surface area contributed by atoms with Crippen molar-refractivity contribution in [1.29, 1.82) is 0 Å². The van der Waals surface area contributed by atoms with Crippen LogP contribution in [0.5, 0.6) is 0 Å². The van der Waals surface area contributed by atoms with E-state index < -0.39 is 12.2 Å². The van der Waals surface area contributed by atoms with Gasteiger partial charge in [0, 0.05) is 13.2 Å². The van der Waals surface area contributed by atoms with Crippen LogP contribution in [0.4, 0.5) is 0 Å². The Morgan fingerprint density at radius 1 is 0.667 bits per heavy atom. The van der Waals surface area contributed by atoms with Gasteiger partial charge in [-0.3, -0.25) is 0 Å². The third-order valence-electron chi connectivity index (χ3n) is 3.07.